The van der Waals surface area contributed by atoms with Gasteiger partial charge in [-0.15, -0.1) is 0 Å². The van der Waals surface area contributed by atoms with Crippen molar-refractivity contribution in [1.82, 2.24) is 0 Å². The van der Waals surface area contributed by atoms with Crippen LogP contribution in [-0.4, -0.2) is 12.9 Å². The lowest BCUT2D eigenvalue weighted by Crippen LogP contribution is -2.07. The number of Topliss-reactive ketones (excluding diaryl/α,β-unsaturated/α-hetero) is 1. The maximum Gasteiger partial charge on any atom is 0.141 e. The molecule has 21 heavy (non-hydrogen) atoms. The van der Waals surface area contributed by atoms with Crippen molar-refractivity contribution in [3.8, 4) is 5.75 Å². The van der Waals surface area contributed by atoms with Gasteiger partial charge in [0.15, 0.2) is 0 Å². The number of hydrogen-bond acceptors (Lipinski definition) is 2. The fraction of sp³-hybridized carbons (Fsp3) is 0.188. The van der Waals surface area contributed by atoms with Crippen LogP contribution in [0.15, 0.2) is 40.9 Å². The minimum Gasteiger partial charge on any atom is -0.496 e. The van der Waals surface area contributed by atoms with Gasteiger partial charge in [-0.2, -0.15) is 0 Å². The molecule has 0 unspecified atom stereocenters. The zero-order valence-electron chi connectivity index (χ0n) is 11.3. The Morgan fingerprint density at radius 1 is 1.14 bits per heavy atom. The number of rotatable bonds is 5. The van der Waals surface area contributed by atoms with Crippen LogP contribution < -0.4 is 4.74 Å². The molecule has 0 fully saturated rings. The minimum absolute atomic E-state index is 0.0938. The van der Waals surface area contributed by atoms with Crippen molar-refractivity contribution in [3.05, 3.63) is 62.0 Å². The van der Waals surface area contributed by atoms with Crippen LogP contribution in [0.5, 0.6) is 5.75 Å². The molecule has 0 saturated carbocycles. The van der Waals surface area contributed by atoms with Crippen LogP contribution in [0.2, 0.25) is 10.0 Å². The number of hydrogen-bond donors (Lipinski definition) is 0. The van der Waals surface area contributed by atoms with Crippen molar-refractivity contribution in [2.24, 2.45) is 0 Å². The quantitative estimate of drug-likeness (QED) is 0.711. The molecule has 2 nitrogen and oxygen atoms in total. The average Bonchev–Trinajstić information content (AvgIpc) is 2.42. The first kappa shape index (κ1) is 16.3. The summed E-state index contributed by atoms with van der Waals surface area (Å²) >= 11 is 15.3. The molecule has 0 aliphatic carbocycles. The molecule has 0 bridgehead atoms. The number of ether oxygens (including phenoxy) is 1. The molecule has 0 aliphatic heterocycles. The standard InChI is InChI=1S/C16H13BrCl2O2/c1-21-16-5-2-10(7-14(16)17)6-13(20)8-11-3-4-12(18)9-15(11)19/h2-5,7,9H,6,8H2,1H3. The monoisotopic (exact) mass is 386 g/mol. The summed E-state index contributed by atoms with van der Waals surface area (Å²) in [6.07, 6.45) is 0.640. The SMILES string of the molecule is COc1ccc(CC(=O)Cc2ccc(Cl)cc2Cl)cc1Br. The van der Waals surface area contributed by atoms with Gasteiger partial charge in [-0.05, 0) is 51.3 Å². The van der Waals surface area contributed by atoms with Crippen molar-refractivity contribution >= 4 is 44.9 Å². The molecule has 2 rings (SSSR count). The van der Waals surface area contributed by atoms with Gasteiger partial charge in [-0.25, -0.2) is 0 Å². The molecule has 0 amide bonds. The average molecular weight is 388 g/mol. The molecule has 0 saturated heterocycles. The Morgan fingerprint density at radius 2 is 1.90 bits per heavy atom. The lowest BCUT2D eigenvalue weighted by molar-refractivity contribution is -0.117. The molecule has 0 radical (unpaired) electrons. The third-order valence-corrected chi connectivity index (χ3v) is 4.23. The summed E-state index contributed by atoms with van der Waals surface area (Å²) in [5.41, 5.74) is 1.72. The predicted molar refractivity (Wildman–Crippen MR) is 89.6 cm³/mol. The largest absolute Gasteiger partial charge is 0.496 e. The van der Waals surface area contributed by atoms with E-state index in [-0.39, 0.29) is 5.78 Å². The van der Waals surface area contributed by atoms with Crippen molar-refractivity contribution < 1.29 is 9.53 Å². The van der Waals surface area contributed by atoms with E-state index in [1.54, 1.807) is 25.3 Å². The maximum absolute atomic E-state index is 12.1. The molecular weight excluding hydrogens is 375 g/mol. The highest BCUT2D eigenvalue weighted by molar-refractivity contribution is 9.10. The van der Waals surface area contributed by atoms with Gasteiger partial charge in [0.2, 0.25) is 0 Å². The van der Waals surface area contributed by atoms with Crippen LogP contribution >= 0.6 is 39.1 Å². The van der Waals surface area contributed by atoms with Gasteiger partial charge in [0.25, 0.3) is 0 Å². The normalized spacial score (nSPS) is 10.5. The lowest BCUT2D eigenvalue weighted by atomic mass is 10.0. The molecule has 0 spiro atoms. The summed E-state index contributed by atoms with van der Waals surface area (Å²) in [7, 11) is 1.60. The Hall–Kier alpha value is -1.03. The van der Waals surface area contributed by atoms with E-state index in [9.17, 15) is 4.79 Å². The first-order valence-corrected chi connectivity index (χ1v) is 7.82. The first-order valence-electron chi connectivity index (χ1n) is 6.27. The van der Waals surface area contributed by atoms with E-state index in [2.05, 4.69) is 15.9 Å². The second-order valence-electron chi connectivity index (χ2n) is 4.60. The van der Waals surface area contributed by atoms with Gasteiger partial charge in [-0.1, -0.05) is 35.3 Å². The van der Waals surface area contributed by atoms with Crippen LogP contribution in [-0.2, 0) is 17.6 Å². The highest BCUT2D eigenvalue weighted by atomic mass is 79.9. The van der Waals surface area contributed by atoms with Gasteiger partial charge < -0.3 is 4.74 Å². The highest BCUT2D eigenvalue weighted by Crippen LogP contribution is 2.26. The minimum atomic E-state index is 0.0938. The molecule has 110 valence electrons. The Bertz CT molecular complexity index is 671. The number of halogens is 3. The zero-order valence-corrected chi connectivity index (χ0v) is 14.4. The van der Waals surface area contributed by atoms with Crippen LogP contribution in [0.1, 0.15) is 11.1 Å². The van der Waals surface area contributed by atoms with Crippen molar-refractivity contribution in [3.63, 3.8) is 0 Å². The number of carbonyl (C=O) groups is 1. The van der Waals surface area contributed by atoms with Gasteiger partial charge in [0, 0.05) is 22.9 Å². The summed E-state index contributed by atoms with van der Waals surface area (Å²) < 4.78 is 6.00. The number of carbonyl (C=O) groups excluding carboxylic acids is 1. The second kappa shape index (κ2) is 7.30. The Balaban J connectivity index is 2.06. The smallest absolute Gasteiger partial charge is 0.141 e. The van der Waals surface area contributed by atoms with Gasteiger partial charge in [0.1, 0.15) is 11.5 Å². The van der Waals surface area contributed by atoms with Crippen molar-refractivity contribution in [2.45, 2.75) is 12.8 Å². The van der Waals surface area contributed by atoms with Crippen LogP contribution in [0.4, 0.5) is 0 Å². The Morgan fingerprint density at radius 3 is 2.52 bits per heavy atom. The van der Waals surface area contributed by atoms with E-state index < -0.39 is 0 Å². The maximum atomic E-state index is 12.1. The number of benzene rings is 2. The van der Waals surface area contributed by atoms with E-state index in [1.807, 2.05) is 18.2 Å². The van der Waals surface area contributed by atoms with Gasteiger partial charge in [0.05, 0.1) is 11.6 Å². The molecule has 0 aromatic heterocycles. The molecule has 0 heterocycles. The molecule has 2 aromatic carbocycles. The number of methoxy groups -OCH3 is 1. The molecule has 5 heteroatoms. The summed E-state index contributed by atoms with van der Waals surface area (Å²) in [6.45, 7) is 0. The second-order valence-corrected chi connectivity index (χ2v) is 6.29. The predicted octanol–water partition coefficient (Wildman–Crippen LogP) is 5.12. The Kier molecular flexibility index (Phi) is 5.68. The Labute approximate surface area is 142 Å². The van der Waals surface area contributed by atoms with E-state index in [1.165, 1.54) is 0 Å². The molecule has 0 N–H and O–H groups in total. The van der Waals surface area contributed by atoms with E-state index in [0.717, 1.165) is 21.3 Å². The van der Waals surface area contributed by atoms with Crippen LogP contribution in [0.25, 0.3) is 0 Å². The fourth-order valence-electron chi connectivity index (χ4n) is 1.99. The molecular formula is C16H13BrCl2O2. The van der Waals surface area contributed by atoms with Crippen molar-refractivity contribution in [2.75, 3.05) is 7.11 Å². The van der Waals surface area contributed by atoms with Gasteiger partial charge in [-0.3, -0.25) is 4.79 Å². The van der Waals surface area contributed by atoms with Crippen LogP contribution in [0, 0.1) is 0 Å². The van der Waals surface area contributed by atoms with E-state index >= 15 is 0 Å². The third-order valence-electron chi connectivity index (χ3n) is 3.02. The molecule has 2 aromatic rings. The fourth-order valence-corrected chi connectivity index (χ4v) is 3.05. The van der Waals surface area contributed by atoms with Gasteiger partial charge >= 0.3 is 0 Å². The first-order chi connectivity index (χ1) is 9.99. The van der Waals surface area contributed by atoms with E-state index in [0.29, 0.717) is 22.9 Å². The highest BCUT2D eigenvalue weighted by Gasteiger charge is 2.10. The third kappa shape index (κ3) is 4.47. The topological polar surface area (TPSA) is 26.3 Å². The summed E-state index contributed by atoms with van der Waals surface area (Å²) in [6, 6.07) is 10.8. The van der Waals surface area contributed by atoms with E-state index in [4.69, 9.17) is 27.9 Å². The summed E-state index contributed by atoms with van der Waals surface area (Å²) in [5, 5.41) is 1.09. The molecule has 0 atom stereocenters. The lowest BCUT2D eigenvalue weighted by Gasteiger charge is -2.07. The zero-order chi connectivity index (χ0) is 15.4. The van der Waals surface area contributed by atoms with Crippen molar-refractivity contribution in [1.29, 1.82) is 0 Å². The summed E-state index contributed by atoms with van der Waals surface area (Å²) in [5.74, 6) is 0.836. The van der Waals surface area contributed by atoms with Crippen LogP contribution in [0.3, 0.4) is 0 Å². The number of ketones is 1. The molecule has 0 aliphatic rings. The summed E-state index contributed by atoms with van der Waals surface area (Å²) in [4.78, 5) is 12.1.